The van der Waals surface area contributed by atoms with Crippen LogP contribution in [-0.4, -0.2) is 12.5 Å². The number of benzene rings is 2. The molecule has 0 heterocycles. The van der Waals surface area contributed by atoms with Crippen molar-refractivity contribution in [3.63, 3.8) is 0 Å². The Bertz CT molecular complexity index is 672. The zero-order valence-electron chi connectivity index (χ0n) is 11.3. The molecular formula is C16H12ClF2NO2. The molecule has 1 N–H and O–H groups in total. The van der Waals surface area contributed by atoms with Crippen LogP contribution in [0.5, 0.6) is 5.75 Å². The summed E-state index contributed by atoms with van der Waals surface area (Å²) in [5.74, 6) is -0.259. The van der Waals surface area contributed by atoms with Gasteiger partial charge in [0.1, 0.15) is 5.75 Å². The molecule has 0 bridgehead atoms. The van der Waals surface area contributed by atoms with Gasteiger partial charge in [-0.05, 0) is 42.0 Å². The summed E-state index contributed by atoms with van der Waals surface area (Å²) in [6.07, 6.45) is 2.90. The zero-order chi connectivity index (χ0) is 15.9. The van der Waals surface area contributed by atoms with E-state index in [9.17, 15) is 13.6 Å². The molecule has 114 valence electrons. The molecule has 22 heavy (non-hydrogen) atoms. The first-order valence-electron chi connectivity index (χ1n) is 6.32. The number of rotatable bonds is 5. The zero-order valence-corrected chi connectivity index (χ0v) is 12.1. The summed E-state index contributed by atoms with van der Waals surface area (Å²) in [5, 5.41) is 3.18. The van der Waals surface area contributed by atoms with Crippen molar-refractivity contribution in [2.75, 3.05) is 5.32 Å². The van der Waals surface area contributed by atoms with Crippen molar-refractivity contribution in [2.45, 2.75) is 6.61 Å². The lowest BCUT2D eigenvalue weighted by Crippen LogP contribution is -2.07. The van der Waals surface area contributed by atoms with E-state index in [4.69, 9.17) is 11.6 Å². The number of amides is 1. The maximum absolute atomic E-state index is 12.0. The number of ether oxygens (including phenoxy) is 1. The quantitative estimate of drug-likeness (QED) is 0.817. The summed E-state index contributed by atoms with van der Waals surface area (Å²) in [6, 6.07) is 12.7. The van der Waals surface area contributed by atoms with E-state index in [1.54, 1.807) is 42.5 Å². The number of halogens is 3. The van der Waals surface area contributed by atoms with Crippen molar-refractivity contribution < 1.29 is 18.3 Å². The Morgan fingerprint density at radius 1 is 1.18 bits per heavy atom. The van der Waals surface area contributed by atoms with Gasteiger partial charge in [-0.25, -0.2) is 0 Å². The Morgan fingerprint density at radius 2 is 1.91 bits per heavy atom. The van der Waals surface area contributed by atoms with Crippen LogP contribution in [0.1, 0.15) is 5.56 Å². The largest absolute Gasteiger partial charge is 0.435 e. The Morgan fingerprint density at radius 3 is 2.55 bits per heavy atom. The molecule has 0 aliphatic carbocycles. The SMILES string of the molecule is O=C(/C=C/c1ccc(OC(F)F)cc1)Nc1cccc(Cl)c1. The Hall–Kier alpha value is -2.40. The van der Waals surface area contributed by atoms with Gasteiger partial charge in [-0.3, -0.25) is 4.79 Å². The summed E-state index contributed by atoms with van der Waals surface area (Å²) in [4.78, 5) is 11.7. The highest BCUT2D eigenvalue weighted by Gasteiger charge is 2.03. The minimum Gasteiger partial charge on any atom is -0.435 e. The van der Waals surface area contributed by atoms with Crippen LogP contribution in [-0.2, 0) is 4.79 Å². The smallest absolute Gasteiger partial charge is 0.387 e. The van der Waals surface area contributed by atoms with E-state index in [0.717, 1.165) is 0 Å². The van der Waals surface area contributed by atoms with E-state index in [2.05, 4.69) is 10.1 Å². The van der Waals surface area contributed by atoms with Gasteiger partial charge in [-0.2, -0.15) is 8.78 Å². The van der Waals surface area contributed by atoms with Crippen molar-refractivity contribution in [1.82, 2.24) is 0 Å². The van der Waals surface area contributed by atoms with E-state index in [1.165, 1.54) is 18.2 Å². The molecule has 0 spiro atoms. The lowest BCUT2D eigenvalue weighted by Gasteiger charge is -2.04. The highest BCUT2D eigenvalue weighted by Crippen LogP contribution is 2.16. The van der Waals surface area contributed by atoms with Crippen LogP contribution in [0, 0.1) is 0 Å². The van der Waals surface area contributed by atoms with Crippen molar-refractivity contribution in [1.29, 1.82) is 0 Å². The van der Waals surface area contributed by atoms with Crippen LogP contribution in [0.25, 0.3) is 6.08 Å². The average Bonchev–Trinajstić information content (AvgIpc) is 2.46. The molecule has 0 fully saturated rings. The van der Waals surface area contributed by atoms with E-state index in [1.807, 2.05) is 0 Å². The lowest BCUT2D eigenvalue weighted by atomic mass is 10.2. The van der Waals surface area contributed by atoms with Crippen LogP contribution < -0.4 is 10.1 Å². The van der Waals surface area contributed by atoms with Crippen molar-refractivity contribution in [2.24, 2.45) is 0 Å². The molecule has 0 aliphatic heterocycles. The fraction of sp³-hybridized carbons (Fsp3) is 0.0625. The molecule has 6 heteroatoms. The van der Waals surface area contributed by atoms with Gasteiger partial charge in [-0.15, -0.1) is 0 Å². The molecule has 0 atom stereocenters. The Kier molecular flexibility index (Phi) is 5.49. The van der Waals surface area contributed by atoms with E-state index in [-0.39, 0.29) is 11.7 Å². The second-order valence-electron chi connectivity index (χ2n) is 4.28. The molecule has 0 saturated carbocycles. The predicted octanol–water partition coefficient (Wildman–Crippen LogP) is 4.59. The fourth-order valence-corrected chi connectivity index (χ4v) is 1.87. The topological polar surface area (TPSA) is 38.3 Å². The molecule has 0 radical (unpaired) electrons. The molecular weight excluding hydrogens is 312 g/mol. The third kappa shape index (κ3) is 5.18. The van der Waals surface area contributed by atoms with Gasteiger partial charge in [0.15, 0.2) is 0 Å². The van der Waals surface area contributed by atoms with Crippen LogP contribution in [0.15, 0.2) is 54.6 Å². The van der Waals surface area contributed by atoms with E-state index < -0.39 is 6.61 Å². The second-order valence-corrected chi connectivity index (χ2v) is 4.72. The van der Waals surface area contributed by atoms with Gasteiger partial charge in [0.05, 0.1) is 0 Å². The Labute approximate surface area is 131 Å². The van der Waals surface area contributed by atoms with Gasteiger partial charge in [-0.1, -0.05) is 29.8 Å². The van der Waals surface area contributed by atoms with Crippen LogP contribution in [0.2, 0.25) is 5.02 Å². The van der Waals surface area contributed by atoms with Gasteiger partial charge in [0, 0.05) is 16.8 Å². The van der Waals surface area contributed by atoms with Crippen LogP contribution in [0.4, 0.5) is 14.5 Å². The third-order valence-corrected chi connectivity index (χ3v) is 2.86. The number of anilines is 1. The summed E-state index contributed by atoms with van der Waals surface area (Å²) in [5.41, 5.74) is 1.27. The highest BCUT2D eigenvalue weighted by molar-refractivity contribution is 6.30. The normalized spacial score (nSPS) is 10.9. The molecule has 0 saturated heterocycles. The Balaban J connectivity index is 1.94. The van der Waals surface area contributed by atoms with Crippen LogP contribution >= 0.6 is 11.6 Å². The second kappa shape index (κ2) is 7.56. The van der Waals surface area contributed by atoms with E-state index in [0.29, 0.717) is 16.3 Å². The van der Waals surface area contributed by atoms with Gasteiger partial charge >= 0.3 is 6.61 Å². The summed E-state index contributed by atoms with van der Waals surface area (Å²) < 4.78 is 28.3. The lowest BCUT2D eigenvalue weighted by molar-refractivity contribution is -0.111. The summed E-state index contributed by atoms with van der Waals surface area (Å²) >= 11 is 5.82. The van der Waals surface area contributed by atoms with Gasteiger partial charge in [0.25, 0.3) is 0 Å². The van der Waals surface area contributed by atoms with Crippen LogP contribution in [0.3, 0.4) is 0 Å². The fourth-order valence-electron chi connectivity index (χ4n) is 1.68. The van der Waals surface area contributed by atoms with Gasteiger partial charge in [0.2, 0.25) is 5.91 Å². The molecule has 2 rings (SSSR count). The molecule has 1 amide bonds. The standard InChI is InChI=1S/C16H12ClF2NO2/c17-12-2-1-3-13(10-12)20-15(21)9-6-11-4-7-14(8-5-11)22-16(18)19/h1-10,16H,(H,20,21)/b9-6+. The van der Waals surface area contributed by atoms with Crippen molar-refractivity contribution in [3.8, 4) is 5.75 Å². The monoisotopic (exact) mass is 323 g/mol. The number of hydrogen-bond donors (Lipinski definition) is 1. The number of carbonyl (C=O) groups excluding carboxylic acids is 1. The number of nitrogens with one attached hydrogen (secondary N) is 1. The van der Waals surface area contributed by atoms with Crippen molar-refractivity contribution >= 4 is 29.3 Å². The van der Waals surface area contributed by atoms with E-state index >= 15 is 0 Å². The molecule has 2 aromatic carbocycles. The molecule has 0 unspecified atom stereocenters. The number of alkyl halides is 2. The third-order valence-electron chi connectivity index (χ3n) is 2.62. The average molecular weight is 324 g/mol. The minimum absolute atomic E-state index is 0.0653. The number of hydrogen-bond acceptors (Lipinski definition) is 2. The first kappa shape index (κ1) is 16.0. The maximum atomic E-state index is 12.0. The summed E-state index contributed by atoms with van der Waals surface area (Å²) in [6.45, 7) is -2.86. The molecule has 0 aliphatic rings. The minimum atomic E-state index is -2.86. The number of carbonyl (C=O) groups is 1. The van der Waals surface area contributed by atoms with Crippen molar-refractivity contribution in [3.05, 3.63) is 65.2 Å². The predicted molar refractivity (Wildman–Crippen MR) is 82.2 cm³/mol. The molecule has 2 aromatic rings. The molecule has 0 aromatic heterocycles. The highest BCUT2D eigenvalue weighted by atomic mass is 35.5. The summed E-state index contributed by atoms with van der Waals surface area (Å²) in [7, 11) is 0. The molecule has 3 nitrogen and oxygen atoms in total. The van der Waals surface area contributed by atoms with Gasteiger partial charge < -0.3 is 10.1 Å². The first-order valence-corrected chi connectivity index (χ1v) is 6.70. The first-order chi connectivity index (χ1) is 10.5. The maximum Gasteiger partial charge on any atom is 0.387 e.